The quantitative estimate of drug-likeness (QED) is 0.725. The van der Waals surface area contributed by atoms with Gasteiger partial charge >= 0.3 is 0 Å². The second kappa shape index (κ2) is 5.78. The Morgan fingerprint density at radius 3 is 3.07 bits per heavy atom. The third-order valence-electron chi connectivity index (χ3n) is 2.00. The Hall–Kier alpha value is -0.870. The fraction of sp³-hybridized carbons (Fsp3) is 0.500. The van der Waals surface area contributed by atoms with Gasteiger partial charge in [-0.15, -0.1) is 11.3 Å². The number of hydrogen-bond acceptors (Lipinski definition) is 3. The lowest BCUT2D eigenvalue weighted by atomic mass is 10.1. The van der Waals surface area contributed by atoms with E-state index in [9.17, 15) is 4.79 Å². The van der Waals surface area contributed by atoms with E-state index < -0.39 is 0 Å². The molecule has 0 aromatic carbocycles. The maximum Gasteiger partial charge on any atom is 0.228 e. The molecule has 1 amide bonds. The molecule has 1 aromatic rings. The van der Waals surface area contributed by atoms with E-state index in [0.29, 0.717) is 13.0 Å². The van der Waals surface area contributed by atoms with Crippen LogP contribution in [0.2, 0.25) is 0 Å². The molecule has 0 radical (unpaired) electrons. The SMILES string of the molecule is CC(C(=O)NCCCO)c1cccs1. The van der Waals surface area contributed by atoms with Crippen molar-refractivity contribution in [3.8, 4) is 0 Å². The molecule has 0 aliphatic carbocycles. The summed E-state index contributed by atoms with van der Waals surface area (Å²) in [5.41, 5.74) is 0. The largest absolute Gasteiger partial charge is 0.396 e. The zero-order valence-electron chi connectivity index (χ0n) is 8.19. The first kappa shape index (κ1) is 11.2. The number of aliphatic hydroxyl groups excluding tert-OH is 1. The van der Waals surface area contributed by atoms with E-state index >= 15 is 0 Å². The highest BCUT2D eigenvalue weighted by Gasteiger charge is 2.14. The topological polar surface area (TPSA) is 49.3 Å². The first-order chi connectivity index (χ1) is 6.75. The van der Waals surface area contributed by atoms with Gasteiger partial charge in [-0.25, -0.2) is 0 Å². The number of hydrogen-bond donors (Lipinski definition) is 2. The van der Waals surface area contributed by atoms with Crippen LogP contribution >= 0.6 is 11.3 Å². The van der Waals surface area contributed by atoms with Gasteiger partial charge in [0.15, 0.2) is 0 Å². The molecule has 0 bridgehead atoms. The van der Waals surface area contributed by atoms with E-state index in [2.05, 4.69) is 5.32 Å². The Morgan fingerprint density at radius 2 is 2.50 bits per heavy atom. The highest BCUT2D eigenvalue weighted by atomic mass is 32.1. The van der Waals surface area contributed by atoms with Crippen LogP contribution in [0.25, 0.3) is 0 Å². The van der Waals surface area contributed by atoms with Crippen molar-refractivity contribution in [1.82, 2.24) is 5.32 Å². The monoisotopic (exact) mass is 213 g/mol. The second-order valence-corrected chi connectivity index (χ2v) is 4.08. The van der Waals surface area contributed by atoms with Crippen LogP contribution in [0.3, 0.4) is 0 Å². The van der Waals surface area contributed by atoms with Gasteiger partial charge in [-0.3, -0.25) is 4.79 Å². The van der Waals surface area contributed by atoms with Crippen molar-refractivity contribution < 1.29 is 9.90 Å². The van der Waals surface area contributed by atoms with Gasteiger partial charge in [0.1, 0.15) is 0 Å². The Morgan fingerprint density at radius 1 is 1.71 bits per heavy atom. The number of carbonyl (C=O) groups excluding carboxylic acids is 1. The average Bonchev–Trinajstić information content (AvgIpc) is 2.69. The maximum atomic E-state index is 11.5. The summed E-state index contributed by atoms with van der Waals surface area (Å²) < 4.78 is 0. The first-order valence-electron chi connectivity index (χ1n) is 4.67. The third kappa shape index (κ3) is 3.12. The summed E-state index contributed by atoms with van der Waals surface area (Å²) in [4.78, 5) is 12.6. The normalized spacial score (nSPS) is 12.4. The Labute approximate surface area is 87.8 Å². The van der Waals surface area contributed by atoms with Gasteiger partial charge in [-0.05, 0) is 24.8 Å². The minimum absolute atomic E-state index is 0.0286. The number of thiophene rings is 1. The van der Waals surface area contributed by atoms with Crippen molar-refractivity contribution in [3.63, 3.8) is 0 Å². The van der Waals surface area contributed by atoms with Crippen LogP contribution in [-0.4, -0.2) is 24.2 Å². The van der Waals surface area contributed by atoms with Crippen LogP contribution < -0.4 is 5.32 Å². The first-order valence-corrected chi connectivity index (χ1v) is 5.55. The van der Waals surface area contributed by atoms with Crippen LogP contribution in [0.4, 0.5) is 0 Å². The molecule has 1 heterocycles. The Bertz CT molecular complexity index is 272. The number of carbonyl (C=O) groups is 1. The lowest BCUT2D eigenvalue weighted by Gasteiger charge is -2.09. The molecule has 14 heavy (non-hydrogen) atoms. The fourth-order valence-electron chi connectivity index (χ4n) is 1.11. The van der Waals surface area contributed by atoms with Gasteiger partial charge in [0.25, 0.3) is 0 Å². The predicted octanol–water partition coefficient (Wildman–Crippen LogP) is 1.35. The second-order valence-electron chi connectivity index (χ2n) is 3.11. The molecule has 1 rings (SSSR count). The van der Waals surface area contributed by atoms with Gasteiger partial charge in [0, 0.05) is 18.0 Å². The highest BCUT2D eigenvalue weighted by Crippen LogP contribution is 2.20. The molecule has 78 valence electrons. The van der Waals surface area contributed by atoms with Crippen molar-refractivity contribution in [1.29, 1.82) is 0 Å². The summed E-state index contributed by atoms with van der Waals surface area (Å²) >= 11 is 1.59. The molecule has 3 nitrogen and oxygen atoms in total. The molecule has 1 atom stereocenters. The number of amides is 1. The standard InChI is InChI=1S/C10H15NO2S/c1-8(9-4-2-7-14-9)10(13)11-5-3-6-12/h2,4,7-8,12H,3,5-6H2,1H3,(H,11,13). The molecule has 0 saturated heterocycles. The van der Waals surface area contributed by atoms with Crippen LogP contribution in [0, 0.1) is 0 Å². The molecule has 4 heteroatoms. The zero-order valence-corrected chi connectivity index (χ0v) is 9.01. The molecule has 0 spiro atoms. The van der Waals surface area contributed by atoms with Crippen molar-refractivity contribution in [2.45, 2.75) is 19.3 Å². The minimum Gasteiger partial charge on any atom is -0.396 e. The van der Waals surface area contributed by atoms with Crippen molar-refractivity contribution >= 4 is 17.2 Å². The van der Waals surface area contributed by atoms with Gasteiger partial charge in [-0.1, -0.05) is 6.07 Å². The summed E-state index contributed by atoms with van der Waals surface area (Å²) in [7, 11) is 0. The summed E-state index contributed by atoms with van der Waals surface area (Å²) in [5.74, 6) is -0.0606. The van der Waals surface area contributed by atoms with E-state index in [1.807, 2.05) is 24.4 Å². The molecule has 1 aromatic heterocycles. The zero-order chi connectivity index (χ0) is 10.4. The maximum absolute atomic E-state index is 11.5. The molecule has 0 aliphatic heterocycles. The van der Waals surface area contributed by atoms with E-state index in [1.54, 1.807) is 11.3 Å². The minimum atomic E-state index is -0.0892. The van der Waals surface area contributed by atoms with Crippen molar-refractivity contribution in [3.05, 3.63) is 22.4 Å². The average molecular weight is 213 g/mol. The summed E-state index contributed by atoms with van der Waals surface area (Å²) in [5, 5.41) is 13.3. The molecule has 0 fully saturated rings. The van der Waals surface area contributed by atoms with Gasteiger partial charge in [0.05, 0.1) is 5.92 Å². The number of aliphatic hydroxyl groups is 1. The molecule has 0 saturated carbocycles. The number of nitrogens with one attached hydrogen (secondary N) is 1. The van der Waals surface area contributed by atoms with Crippen LogP contribution in [0.1, 0.15) is 24.1 Å². The van der Waals surface area contributed by atoms with Gasteiger partial charge in [0.2, 0.25) is 5.91 Å². The van der Waals surface area contributed by atoms with Crippen molar-refractivity contribution in [2.24, 2.45) is 0 Å². The lowest BCUT2D eigenvalue weighted by molar-refractivity contribution is -0.122. The summed E-state index contributed by atoms with van der Waals surface area (Å²) in [6.07, 6.45) is 0.614. The highest BCUT2D eigenvalue weighted by molar-refractivity contribution is 7.10. The molecule has 1 unspecified atom stereocenters. The number of rotatable bonds is 5. The molecular weight excluding hydrogens is 198 g/mol. The van der Waals surface area contributed by atoms with Gasteiger partial charge < -0.3 is 10.4 Å². The Kier molecular flexibility index (Phi) is 4.62. The Balaban J connectivity index is 2.37. The predicted molar refractivity (Wildman–Crippen MR) is 57.4 cm³/mol. The smallest absolute Gasteiger partial charge is 0.228 e. The van der Waals surface area contributed by atoms with Gasteiger partial charge in [-0.2, -0.15) is 0 Å². The van der Waals surface area contributed by atoms with E-state index in [4.69, 9.17) is 5.11 Å². The summed E-state index contributed by atoms with van der Waals surface area (Å²) in [6.45, 7) is 2.55. The molecule has 0 aliphatic rings. The van der Waals surface area contributed by atoms with Crippen LogP contribution in [0.5, 0.6) is 0 Å². The third-order valence-corrected chi connectivity index (χ3v) is 3.05. The van der Waals surface area contributed by atoms with E-state index in [0.717, 1.165) is 4.88 Å². The molecule has 2 N–H and O–H groups in total. The van der Waals surface area contributed by atoms with Crippen LogP contribution in [0.15, 0.2) is 17.5 Å². The van der Waals surface area contributed by atoms with Crippen LogP contribution in [-0.2, 0) is 4.79 Å². The van der Waals surface area contributed by atoms with Crippen molar-refractivity contribution in [2.75, 3.05) is 13.2 Å². The summed E-state index contributed by atoms with van der Waals surface area (Å²) in [6, 6.07) is 3.90. The lowest BCUT2D eigenvalue weighted by Crippen LogP contribution is -2.28. The fourth-order valence-corrected chi connectivity index (χ4v) is 1.89. The van der Waals surface area contributed by atoms with E-state index in [1.165, 1.54) is 0 Å². The molecular formula is C10H15NO2S. The van der Waals surface area contributed by atoms with E-state index in [-0.39, 0.29) is 18.4 Å².